The van der Waals surface area contributed by atoms with E-state index in [1.807, 2.05) is 11.9 Å². The molecule has 13 heavy (non-hydrogen) atoms. The van der Waals surface area contributed by atoms with E-state index in [0.717, 1.165) is 13.1 Å². The predicted molar refractivity (Wildman–Crippen MR) is 60.5 cm³/mol. The standard InChI is InChI=1S/C9H20N2OS/c1-8(2)11(4)6-5-10(3)7-9(12)13/h8H,5-7H2,1-4H3,(H,12,13). The van der Waals surface area contributed by atoms with Gasteiger partial charge in [0.15, 0.2) is 5.05 Å². The highest BCUT2D eigenvalue weighted by Crippen LogP contribution is 1.93. The van der Waals surface area contributed by atoms with Crippen molar-refractivity contribution in [2.24, 2.45) is 0 Å². The summed E-state index contributed by atoms with van der Waals surface area (Å²) < 4.78 is 0. The van der Waals surface area contributed by atoms with Crippen LogP contribution < -0.4 is 0 Å². The molecule has 0 saturated heterocycles. The van der Waals surface area contributed by atoms with Gasteiger partial charge in [0, 0.05) is 19.1 Å². The summed E-state index contributed by atoms with van der Waals surface area (Å²) in [7, 11) is 4.05. The number of nitrogens with zero attached hydrogens (tertiary/aromatic N) is 2. The normalized spacial score (nSPS) is 11.6. The van der Waals surface area contributed by atoms with Crippen LogP contribution >= 0.6 is 12.2 Å². The number of aliphatic hydroxyl groups excluding tert-OH is 1. The van der Waals surface area contributed by atoms with Gasteiger partial charge in [-0.25, -0.2) is 0 Å². The molecule has 0 fully saturated rings. The molecule has 0 unspecified atom stereocenters. The zero-order valence-electron chi connectivity index (χ0n) is 8.95. The van der Waals surface area contributed by atoms with Gasteiger partial charge in [0.25, 0.3) is 0 Å². The Labute approximate surface area is 86.3 Å². The van der Waals surface area contributed by atoms with Crippen molar-refractivity contribution < 1.29 is 5.11 Å². The van der Waals surface area contributed by atoms with Crippen LogP contribution in [0.25, 0.3) is 0 Å². The number of likely N-dealkylation sites (N-methyl/N-ethyl adjacent to an activating group) is 2. The number of rotatable bonds is 6. The molecule has 0 atom stereocenters. The number of hydrogen-bond acceptors (Lipinski definition) is 3. The van der Waals surface area contributed by atoms with Crippen LogP contribution in [0.5, 0.6) is 0 Å². The minimum absolute atomic E-state index is 0.0645. The van der Waals surface area contributed by atoms with E-state index in [4.69, 9.17) is 5.11 Å². The van der Waals surface area contributed by atoms with Crippen molar-refractivity contribution in [3.8, 4) is 0 Å². The quantitative estimate of drug-likeness (QED) is 0.657. The third-order valence-corrected chi connectivity index (χ3v) is 2.25. The minimum Gasteiger partial charge on any atom is -0.501 e. The monoisotopic (exact) mass is 204 g/mol. The Morgan fingerprint density at radius 1 is 1.31 bits per heavy atom. The molecule has 0 amide bonds. The lowest BCUT2D eigenvalue weighted by atomic mass is 10.3. The molecule has 3 nitrogen and oxygen atoms in total. The zero-order valence-corrected chi connectivity index (χ0v) is 9.77. The molecule has 0 bridgehead atoms. The van der Waals surface area contributed by atoms with Crippen LogP contribution in [0, 0.1) is 0 Å². The van der Waals surface area contributed by atoms with Gasteiger partial charge in [0.05, 0.1) is 6.54 Å². The predicted octanol–water partition coefficient (Wildman–Crippen LogP) is 1.14. The molecule has 0 saturated carbocycles. The molecule has 0 heterocycles. The van der Waals surface area contributed by atoms with Gasteiger partial charge in [-0.05, 0) is 40.2 Å². The van der Waals surface area contributed by atoms with Crippen LogP contribution in [0.2, 0.25) is 0 Å². The van der Waals surface area contributed by atoms with E-state index in [2.05, 4.69) is 38.0 Å². The van der Waals surface area contributed by atoms with Crippen LogP contribution in [0.15, 0.2) is 0 Å². The molecule has 4 heteroatoms. The van der Waals surface area contributed by atoms with Gasteiger partial charge in [0.2, 0.25) is 0 Å². The molecular weight excluding hydrogens is 184 g/mol. The van der Waals surface area contributed by atoms with E-state index in [1.54, 1.807) is 0 Å². The van der Waals surface area contributed by atoms with Crippen molar-refractivity contribution in [2.45, 2.75) is 19.9 Å². The van der Waals surface area contributed by atoms with Crippen LogP contribution in [-0.4, -0.2) is 59.7 Å². The summed E-state index contributed by atoms with van der Waals surface area (Å²) in [6.45, 7) is 6.74. The van der Waals surface area contributed by atoms with Gasteiger partial charge in [-0.3, -0.25) is 4.90 Å². The van der Waals surface area contributed by atoms with Crippen molar-refractivity contribution in [3.63, 3.8) is 0 Å². The molecule has 1 N–H and O–H groups in total. The summed E-state index contributed by atoms with van der Waals surface area (Å²) in [5.74, 6) is 0. The van der Waals surface area contributed by atoms with E-state index in [9.17, 15) is 0 Å². The first kappa shape index (κ1) is 12.8. The highest BCUT2D eigenvalue weighted by Gasteiger charge is 2.05. The smallest absolute Gasteiger partial charge is 0.170 e. The molecule has 0 rings (SSSR count). The second kappa shape index (κ2) is 6.29. The first-order valence-electron chi connectivity index (χ1n) is 4.54. The summed E-state index contributed by atoms with van der Waals surface area (Å²) in [4.78, 5) is 4.28. The second-order valence-corrected chi connectivity index (χ2v) is 4.18. The largest absolute Gasteiger partial charge is 0.501 e. The summed E-state index contributed by atoms with van der Waals surface area (Å²) in [5, 5.41) is 8.94. The third kappa shape index (κ3) is 6.93. The van der Waals surface area contributed by atoms with Crippen molar-refractivity contribution in [1.82, 2.24) is 9.80 Å². The zero-order chi connectivity index (χ0) is 10.4. The Kier molecular flexibility index (Phi) is 6.20. The molecular formula is C9H20N2OS. The number of aliphatic hydroxyl groups is 1. The number of thiocarbonyl (C=S) groups is 1. The van der Waals surface area contributed by atoms with E-state index < -0.39 is 0 Å². The Bertz CT molecular complexity index is 162. The molecule has 0 aliphatic carbocycles. The maximum absolute atomic E-state index is 8.87. The fraction of sp³-hybridized carbons (Fsp3) is 0.889. The maximum atomic E-state index is 8.87. The van der Waals surface area contributed by atoms with Gasteiger partial charge in [-0.2, -0.15) is 0 Å². The summed E-state index contributed by atoms with van der Waals surface area (Å²) >= 11 is 4.60. The number of hydrogen-bond donors (Lipinski definition) is 1. The van der Waals surface area contributed by atoms with Gasteiger partial charge >= 0.3 is 0 Å². The van der Waals surface area contributed by atoms with Crippen LogP contribution in [0.4, 0.5) is 0 Å². The lowest BCUT2D eigenvalue weighted by molar-refractivity contribution is 0.233. The average molecular weight is 204 g/mol. The molecule has 0 aromatic heterocycles. The van der Waals surface area contributed by atoms with Gasteiger partial charge < -0.3 is 10.0 Å². The van der Waals surface area contributed by atoms with Crippen molar-refractivity contribution in [1.29, 1.82) is 0 Å². The highest BCUT2D eigenvalue weighted by molar-refractivity contribution is 7.80. The molecule has 78 valence electrons. The van der Waals surface area contributed by atoms with Gasteiger partial charge in [0.1, 0.15) is 0 Å². The Balaban J connectivity index is 3.57. The topological polar surface area (TPSA) is 26.7 Å². The van der Waals surface area contributed by atoms with E-state index in [-0.39, 0.29) is 5.05 Å². The SMILES string of the molecule is CC(C)N(C)CCN(C)CC(O)=S. The molecule has 0 radical (unpaired) electrons. The summed E-state index contributed by atoms with van der Waals surface area (Å²) in [5.41, 5.74) is 0. The van der Waals surface area contributed by atoms with E-state index in [1.165, 1.54) is 0 Å². The Morgan fingerprint density at radius 2 is 1.85 bits per heavy atom. The first-order valence-corrected chi connectivity index (χ1v) is 4.95. The van der Waals surface area contributed by atoms with Crippen LogP contribution in [-0.2, 0) is 0 Å². The van der Waals surface area contributed by atoms with Gasteiger partial charge in [-0.1, -0.05) is 0 Å². The van der Waals surface area contributed by atoms with Crippen molar-refractivity contribution >= 4 is 17.3 Å². The molecule has 0 aliphatic heterocycles. The molecule has 0 aliphatic rings. The van der Waals surface area contributed by atoms with Crippen LogP contribution in [0.1, 0.15) is 13.8 Å². The molecule has 0 spiro atoms. The van der Waals surface area contributed by atoms with Crippen molar-refractivity contribution in [3.05, 3.63) is 0 Å². The van der Waals surface area contributed by atoms with Crippen LogP contribution in [0.3, 0.4) is 0 Å². The highest BCUT2D eigenvalue weighted by atomic mass is 32.1. The molecule has 0 aromatic rings. The first-order chi connectivity index (χ1) is 5.93. The lowest BCUT2D eigenvalue weighted by Gasteiger charge is -2.24. The Morgan fingerprint density at radius 3 is 2.23 bits per heavy atom. The van der Waals surface area contributed by atoms with E-state index >= 15 is 0 Å². The minimum atomic E-state index is 0.0645. The van der Waals surface area contributed by atoms with Crippen molar-refractivity contribution in [2.75, 3.05) is 33.7 Å². The molecule has 0 aromatic carbocycles. The lowest BCUT2D eigenvalue weighted by Crippen LogP contribution is -2.36. The Hall–Kier alpha value is -0.190. The summed E-state index contributed by atoms with van der Waals surface area (Å²) in [6.07, 6.45) is 0. The summed E-state index contributed by atoms with van der Waals surface area (Å²) in [6, 6.07) is 0.564. The van der Waals surface area contributed by atoms with Gasteiger partial charge in [-0.15, -0.1) is 0 Å². The average Bonchev–Trinajstić information content (AvgIpc) is 1.98. The maximum Gasteiger partial charge on any atom is 0.170 e. The van der Waals surface area contributed by atoms with E-state index in [0.29, 0.717) is 12.6 Å². The second-order valence-electron chi connectivity index (χ2n) is 3.71. The third-order valence-electron chi connectivity index (χ3n) is 2.12. The fourth-order valence-corrected chi connectivity index (χ4v) is 1.12. The fourth-order valence-electron chi connectivity index (χ4n) is 0.897.